The van der Waals surface area contributed by atoms with Gasteiger partial charge in [-0.2, -0.15) is 0 Å². The molecule has 44 heavy (non-hydrogen) atoms. The third-order valence-corrected chi connectivity index (χ3v) is 8.51. The summed E-state index contributed by atoms with van der Waals surface area (Å²) in [6.45, 7) is 2.05. The molecule has 0 aliphatic heterocycles. The summed E-state index contributed by atoms with van der Waals surface area (Å²) in [4.78, 5) is 48.3. The lowest BCUT2D eigenvalue weighted by Gasteiger charge is -2.14. The molecule has 222 valence electrons. The van der Waals surface area contributed by atoms with Crippen LogP contribution in [0.15, 0.2) is 103 Å². The second-order valence-corrected chi connectivity index (χ2v) is 11.1. The van der Waals surface area contributed by atoms with Gasteiger partial charge in [-0.15, -0.1) is 11.3 Å². The van der Waals surface area contributed by atoms with Gasteiger partial charge < -0.3 is 4.84 Å². The SMILES string of the molecule is CCc1cc2c(=O)n(C/C(=N/OC)c3ccc(F)cc3)c(=O)n(Cc3ccc(-c4ccccc4-c4noc(=O)[nH]4)cc3)c2s1. The van der Waals surface area contributed by atoms with E-state index in [1.165, 1.54) is 42.7 Å². The van der Waals surface area contributed by atoms with Gasteiger partial charge in [-0.05, 0) is 41.3 Å². The summed E-state index contributed by atoms with van der Waals surface area (Å²) in [5, 5.41) is 8.31. The van der Waals surface area contributed by atoms with E-state index in [1.807, 2.05) is 61.5 Å². The van der Waals surface area contributed by atoms with Crippen LogP contribution in [0.2, 0.25) is 0 Å². The maximum Gasteiger partial charge on any atom is 0.439 e. The summed E-state index contributed by atoms with van der Waals surface area (Å²) < 4.78 is 21.0. The number of aromatic nitrogens is 4. The molecule has 0 radical (unpaired) electrons. The fourth-order valence-electron chi connectivity index (χ4n) is 5.04. The summed E-state index contributed by atoms with van der Waals surface area (Å²) in [6.07, 6.45) is 0.712. The molecule has 0 saturated carbocycles. The Morgan fingerprint density at radius 3 is 2.39 bits per heavy atom. The summed E-state index contributed by atoms with van der Waals surface area (Å²) >= 11 is 1.42. The van der Waals surface area contributed by atoms with E-state index in [1.54, 1.807) is 4.57 Å². The van der Waals surface area contributed by atoms with Crippen LogP contribution in [0.4, 0.5) is 4.39 Å². The molecule has 0 spiro atoms. The Hall–Kier alpha value is -5.36. The number of halogens is 1. The standard InChI is InChI=1S/C32H26FN5O5S/c1-3-23-16-26-29(39)37(18-27(35-42-2)21-12-14-22(33)15-13-21)32(41)38(30(26)44-23)17-19-8-10-20(11-9-19)24-6-4-5-7-25(24)28-34-31(40)43-36-28/h4-16H,3,17-18H2,1-2H3,(H,34,36,40)/b35-27-. The Bertz CT molecular complexity index is 2170. The molecule has 0 aliphatic carbocycles. The van der Waals surface area contributed by atoms with Gasteiger partial charge in [0.1, 0.15) is 23.5 Å². The third kappa shape index (κ3) is 5.54. The van der Waals surface area contributed by atoms with Gasteiger partial charge in [0.25, 0.3) is 5.56 Å². The predicted octanol–water partition coefficient (Wildman–Crippen LogP) is 5.04. The van der Waals surface area contributed by atoms with Crippen molar-refractivity contribution >= 4 is 27.3 Å². The second-order valence-electron chi connectivity index (χ2n) is 9.96. The number of fused-ring (bicyclic) bond motifs is 1. The van der Waals surface area contributed by atoms with Crippen LogP contribution < -0.4 is 17.0 Å². The minimum atomic E-state index is -0.638. The zero-order chi connectivity index (χ0) is 30.8. The molecule has 0 fully saturated rings. The van der Waals surface area contributed by atoms with Crippen LogP contribution in [0.3, 0.4) is 0 Å². The van der Waals surface area contributed by atoms with Crippen molar-refractivity contribution in [1.29, 1.82) is 0 Å². The first-order chi connectivity index (χ1) is 21.4. The molecule has 6 rings (SSSR count). The van der Waals surface area contributed by atoms with Gasteiger partial charge in [0, 0.05) is 16.0 Å². The van der Waals surface area contributed by atoms with Crippen LogP contribution in [0, 0.1) is 5.82 Å². The molecule has 3 heterocycles. The maximum absolute atomic E-state index is 14.0. The summed E-state index contributed by atoms with van der Waals surface area (Å²) in [5.41, 5.74) is 3.16. The van der Waals surface area contributed by atoms with Crippen LogP contribution >= 0.6 is 11.3 Å². The number of aromatic amines is 1. The van der Waals surface area contributed by atoms with Crippen molar-refractivity contribution in [3.8, 4) is 22.5 Å². The molecule has 12 heteroatoms. The molecular weight excluding hydrogens is 585 g/mol. The lowest BCUT2D eigenvalue weighted by atomic mass is 9.98. The Kier molecular flexibility index (Phi) is 7.90. The van der Waals surface area contributed by atoms with Gasteiger partial charge in [-0.1, -0.05) is 77.9 Å². The first-order valence-electron chi connectivity index (χ1n) is 13.7. The summed E-state index contributed by atoms with van der Waals surface area (Å²) in [6, 6.07) is 22.6. The van der Waals surface area contributed by atoms with E-state index >= 15 is 0 Å². The molecule has 3 aromatic carbocycles. The average molecular weight is 612 g/mol. The molecule has 3 aromatic heterocycles. The Labute approximate surface area is 253 Å². The van der Waals surface area contributed by atoms with Gasteiger partial charge in [-0.25, -0.2) is 14.0 Å². The van der Waals surface area contributed by atoms with Crippen molar-refractivity contribution < 1.29 is 13.8 Å². The van der Waals surface area contributed by atoms with E-state index in [4.69, 9.17) is 9.36 Å². The van der Waals surface area contributed by atoms with E-state index in [2.05, 4.69) is 15.3 Å². The highest BCUT2D eigenvalue weighted by molar-refractivity contribution is 7.18. The summed E-state index contributed by atoms with van der Waals surface area (Å²) in [5.74, 6) is -0.729. The fraction of sp³-hybridized carbons (Fsp3) is 0.156. The van der Waals surface area contributed by atoms with E-state index in [-0.39, 0.29) is 13.1 Å². The zero-order valence-corrected chi connectivity index (χ0v) is 24.6. The van der Waals surface area contributed by atoms with E-state index < -0.39 is 22.8 Å². The first-order valence-corrected chi connectivity index (χ1v) is 14.5. The largest absolute Gasteiger partial charge is 0.439 e. The average Bonchev–Trinajstić information content (AvgIpc) is 3.68. The topological polar surface area (TPSA) is 124 Å². The molecular formula is C32H26FN5O5S. The Morgan fingerprint density at radius 2 is 1.73 bits per heavy atom. The number of nitrogens with zero attached hydrogens (tertiary/aromatic N) is 4. The number of benzene rings is 3. The lowest BCUT2D eigenvalue weighted by molar-refractivity contribution is 0.212. The van der Waals surface area contributed by atoms with Gasteiger partial charge in [-0.3, -0.25) is 23.4 Å². The van der Waals surface area contributed by atoms with Crippen molar-refractivity contribution in [1.82, 2.24) is 19.3 Å². The van der Waals surface area contributed by atoms with Crippen LogP contribution in [-0.2, 0) is 24.3 Å². The van der Waals surface area contributed by atoms with Gasteiger partial charge in [0.2, 0.25) is 0 Å². The van der Waals surface area contributed by atoms with Crippen LogP contribution in [-0.4, -0.2) is 32.1 Å². The van der Waals surface area contributed by atoms with Gasteiger partial charge >= 0.3 is 11.4 Å². The molecule has 0 aliphatic rings. The Morgan fingerprint density at radius 1 is 1.00 bits per heavy atom. The molecule has 10 nitrogen and oxygen atoms in total. The van der Waals surface area contributed by atoms with Crippen LogP contribution in [0.25, 0.3) is 32.7 Å². The van der Waals surface area contributed by atoms with Crippen molar-refractivity contribution in [2.45, 2.75) is 26.4 Å². The number of hydrogen-bond donors (Lipinski definition) is 1. The van der Waals surface area contributed by atoms with Gasteiger partial charge in [0.05, 0.1) is 18.5 Å². The van der Waals surface area contributed by atoms with Gasteiger partial charge in [0.15, 0.2) is 5.82 Å². The third-order valence-electron chi connectivity index (χ3n) is 7.21. The smallest absolute Gasteiger partial charge is 0.399 e. The number of H-pyrrole nitrogens is 1. The second kappa shape index (κ2) is 12.1. The minimum Gasteiger partial charge on any atom is -0.399 e. The fourth-order valence-corrected chi connectivity index (χ4v) is 6.12. The molecule has 6 aromatic rings. The molecule has 0 atom stereocenters. The number of rotatable bonds is 9. The molecule has 0 amide bonds. The van der Waals surface area contributed by atoms with Crippen molar-refractivity contribution in [3.63, 3.8) is 0 Å². The highest BCUT2D eigenvalue weighted by Gasteiger charge is 2.19. The number of aryl methyl sites for hydroxylation is 1. The normalized spacial score (nSPS) is 11.8. The number of nitrogens with one attached hydrogen (secondary N) is 1. The molecule has 0 bridgehead atoms. The predicted molar refractivity (Wildman–Crippen MR) is 167 cm³/mol. The molecule has 0 saturated heterocycles. The highest BCUT2D eigenvalue weighted by atomic mass is 32.1. The number of thiophene rings is 1. The number of oxime groups is 1. The van der Waals surface area contributed by atoms with E-state index in [0.717, 1.165) is 26.1 Å². The quantitative estimate of drug-likeness (QED) is 0.181. The highest BCUT2D eigenvalue weighted by Crippen LogP contribution is 2.30. The Balaban J connectivity index is 1.40. The van der Waals surface area contributed by atoms with Crippen molar-refractivity contribution in [2.75, 3.05) is 7.11 Å². The first kappa shape index (κ1) is 28.7. The zero-order valence-electron chi connectivity index (χ0n) is 23.7. The molecule has 1 N–H and O–H groups in total. The van der Waals surface area contributed by atoms with Crippen molar-refractivity contribution in [2.24, 2.45) is 5.16 Å². The maximum atomic E-state index is 14.0. The van der Waals surface area contributed by atoms with E-state index in [0.29, 0.717) is 39.3 Å². The lowest BCUT2D eigenvalue weighted by Crippen LogP contribution is -2.41. The summed E-state index contributed by atoms with van der Waals surface area (Å²) in [7, 11) is 1.37. The monoisotopic (exact) mass is 611 g/mol. The van der Waals surface area contributed by atoms with E-state index in [9.17, 15) is 18.8 Å². The van der Waals surface area contributed by atoms with Crippen LogP contribution in [0.1, 0.15) is 22.9 Å². The number of hydrogen-bond acceptors (Lipinski definition) is 8. The minimum absolute atomic E-state index is 0.162. The molecule has 0 unspecified atom stereocenters. The van der Waals surface area contributed by atoms with Crippen molar-refractivity contribution in [3.05, 3.63) is 132 Å². The van der Waals surface area contributed by atoms with Crippen LogP contribution in [0.5, 0.6) is 0 Å².